The van der Waals surface area contributed by atoms with Gasteiger partial charge < -0.3 is 44.3 Å². The third-order valence-electron chi connectivity index (χ3n) is 4.50. The molecule has 0 radical (unpaired) electrons. The molecule has 0 saturated heterocycles. The first kappa shape index (κ1) is 34.3. The van der Waals surface area contributed by atoms with Crippen molar-refractivity contribution in [2.24, 2.45) is 15.9 Å². The first-order chi connectivity index (χ1) is 17.7. The zero-order valence-corrected chi connectivity index (χ0v) is 22.3. The Labute approximate surface area is 217 Å². The Bertz CT molecular complexity index is 545. The molecule has 0 aromatic heterocycles. The summed E-state index contributed by atoms with van der Waals surface area (Å²) in [5.41, 5.74) is 0.619. The maximum Gasteiger partial charge on any atom is 0.246 e. The van der Waals surface area contributed by atoms with Crippen LogP contribution in [0, 0.1) is 0 Å². The Hall–Kier alpha value is -1.67. The molecule has 36 heavy (non-hydrogen) atoms. The third kappa shape index (κ3) is 26.9. The van der Waals surface area contributed by atoms with Crippen molar-refractivity contribution in [1.82, 2.24) is 5.32 Å². The molecule has 0 aromatic carbocycles. The van der Waals surface area contributed by atoms with Gasteiger partial charge in [-0.25, -0.2) is 0 Å². The molecule has 12 heteroatoms. The second-order valence-electron chi connectivity index (χ2n) is 7.61. The first-order valence-corrected chi connectivity index (χ1v) is 12.7. The molecule has 0 aliphatic carbocycles. The van der Waals surface area contributed by atoms with Crippen molar-refractivity contribution in [3.05, 3.63) is 0 Å². The number of aliphatic imine (C=N–C) groups is 1. The van der Waals surface area contributed by atoms with Crippen LogP contribution in [0.3, 0.4) is 0 Å². The lowest BCUT2D eigenvalue weighted by Crippen LogP contribution is -2.30. The average Bonchev–Trinajstić information content (AvgIpc) is 2.88. The van der Waals surface area contributed by atoms with Crippen LogP contribution in [0.5, 0.6) is 0 Å². The highest BCUT2D eigenvalue weighted by Gasteiger charge is 1.99. The fraction of sp³-hybridized carbons (Fsp3) is 0.875. The van der Waals surface area contributed by atoms with Crippen LogP contribution < -0.4 is 11.2 Å². The van der Waals surface area contributed by atoms with Crippen LogP contribution in [-0.2, 0) is 38.0 Å². The molecule has 0 unspecified atom stereocenters. The van der Waals surface area contributed by atoms with Crippen LogP contribution in [-0.4, -0.2) is 124 Å². The van der Waals surface area contributed by atoms with Gasteiger partial charge in [0.1, 0.15) is 12.3 Å². The standard InChI is InChI=1S/C24H48N4O8.H2/c1-3-4-5-6-7-26-20-23(28-25)21-36-19-18-35-17-16-34-15-14-33-13-12-32-11-10-31-9-8-27-24(29)22-30-2;/h20H,3-19,21-22,25H2,1-2H3,(H,27,29);1H/b26-20?,28-23+;. The Morgan fingerprint density at radius 2 is 1.31 bits per heavy atom. The number of unbranched alkanes of at least 4 members (excludes halogenated alkanes) is 3. The van der Waals surface area contributed by atoms with E-state index in [9.17, 15) is 4.79 Å². The van der Waals surface area contributed by atoms with E-state index < -0.39 is 0 Å². The average molecular weight is 523 g/mol. The largest absolute Gasteiger partial charge is 0.377 e. The molecule has 0 atom stereocenters. The summed E-state index contributed by atoms with van der Waals surface area (Å²) in [4.78, 5) is 15.5. The number of carbonyl (C=O) groups is 1. The van der Waals surface area contributed by atoms with E-state index in [1.165, 1.54) is 26.4 Å². The summed E-state index contributed by atoms with van der Waals surface area (Å²) in [7, 11) is 1.48. The van der Waals surface area contributed by atoms with Crippen molar-refractivity contribution >= 4 is 17.8 Å². The molecule has 214 valence electrons. The van der Waals surface area contributed by atoms with Gasteiger partial charge in [-0.05, 0) is 6.42 Å². The number of ether oxygens (including phenoxy) is 7. The van der Waals surface area contributed by atoms with Crippen LogP contribution in [0.4, 0.5) is 0 Å². The molecule has 12 nitrogen and oxygen atoms in total. The fourth-order valence-electron chi connectivity index (χ4n) is 2.63. The summed E-state index contributed by atoms with van der Waals surface area (Å²) >= 11 is 0. The summed E-state index contributed by atoms with van der Waals surface area (Å²) in [6.07, 6.45) is 6.41. The van der Waals surface area contributed by atoms with Crippen LogP contribution in [0.2, 0.25) is 0 Å². The van der Waals surface area contributed by atoms with Crippen molar-refractivity contribution in [2.45, 2.75) is 32.6 Å². The predicted octanol–water partition coefficient (Wildman–Crippen LogP) is 1.06. The van der Waals surface area contributed by atoms with Gasteiger partial charge in [0.25, 0.3) is 0 Å². The highest BCUT2D eigenvalue weighted by Crippen LogP contribution is 1.98. The molecule has 0 aliphatic rings. The smallest absolute Gasteiger partial charge is 0.246 e. The summed E-state index contributed by atoms with van der Waals surface area (Å²) in [5.74, 6) is 5.21. The number of rotatable bonds is 28. The number of hydrogen-bond donors (Lipinski definition) is 2. The number of hydrogen-bond acceptors (Lipinski definition) is 11. The fourth-order valence-corrected chi connectivity index (χ4v) is 2.63. The van der Waals surface area contributed by atoms with Crippen molar-refractivity contribution in [2.75, 3.05) is 106 Å². The van der Waals surface area contributed by atoms with Gasteiger partial charge in [0.2, 0.25) is 5.91 Å². The monoisotopic (exact) mass is 522 g/mol. The van der Waals surface area contributed by atoms with E-state index in [2.05, 4.69) is 22.3 Å². The molecular weight excluding hydrogens is 472 g/mol. The van der Waals surface area contributed by atoms with Crippen LogP contribution >= 0.6 is 0 Å². The number of hydrazone groups is 1. The number of nitrogens with one attached hydrogen (secondary N) is 1. The number of amides is 1. The van der Waals surface area contributed by atoms with E-state index in [4.69, 9.17) is 39.0 Å². The second-order valence-corrected chi connectivity index (χ2v) is 7.61. The Kier molecular flexibility index (Phi) is 28.2. The molecule has 0 aromatic rings. The van der Waals surface area contributed by atoms with Gasteiger partial charge in [0.05, 0.1) is 79.3 Å². The predicted molar refractivity (Wildman–Crippen MR) is 141 cm³/mol. The summed E-state index contributed by atoms with van der Waals surface area (Å²) < 4.78 is 37.3. The molecule has 0 heterocycles. The third-order valence-corrected chi connectivity index (χ3v) is 4.50. The van der Waals surface area contributed by atoms with Crippen molar-refractivity contribution in [3.63, 3.8) is 0 Å². The highest BCUT2D eigenvalue weighted by molar-refractivity contribution is 6.31. The van der Waals surface area contributed by atoms with Crippen LogP contribution in [0.25, 0.3) is 0 Å². The molecule has 0 rings (SSSR count). The maximum atomic E-state index is 11.1. The van der Waals surface area contributed by atoms with E-state index in [-0.39, 0.29) is 13.9 Å². The van der Waals surface area contributed by atoms with Gasteiger partial charge in [0, 0.05) is 27.8 Å². The summed E-state index contributed by atoms with van der Waals surface area (Å²) in [5, 5.41) is 6.36. The van der Waals surface area contributed by atoms with Gasteiger partial charge in [-0.15, -0.1) is 0 Å². The Morgan fingerprint density at radius 3 is 1.81 bits per heavy atom. The maximum absolute atomic E-state index is 11.1. The molecule has 0 saturated carbocycles. The van der Waals surface area contributed by atoms with Crippen molar-refractivity contribution in [3.8, 4) is 0 Å². The number of nitrogens with two attached hydrogens (primary N) is 1. The van der Waals surface area contributed by atoms with E-state index >= 15 is 0 Å². The van der Waals surface area contributed by atoms with Gasteiger partial charge in [-0.2, -0.15) is 5.10 Å². The lowest BCUT2D eigenvalue weighted by Gasteiger charge is -2.08. The number of nitrogens with zero attached hydrogens (tertiary/aromatic N) is 2. The lowest BCUT2D eigenvalue weighted by atomic mass is 10.2. The molecular formula is C24H50N4O8. The number of carbonyl (C=O) groups excluding carboxylic acids is 1. The Balaban J connectivity index is 0. The van der Waals surface area contributed by atoms with Gasteiger partial charge in [-0.1, -0.05) is 26.2 Å². The minimum absolute atomic E-state index is 0. The highest BCUT2D eigenvalue weighted by atomic mass is 16.6. The van der Waals surface area contributed by atoms with E-state index in [1.54, 1.807) is 6.21 Å². The lowest BCUT2D eigenvalue weighted by molar-refractivity contribution is -0.125. The zero-order chi connectivity index (χ0) is 26.4. The van der Waals surface area contributed by atoms with Gasteiger partial charge >= 0.3 is 0 Å². The zero-order valence-electron chi connectivity index (χ0n) is 22.3. The second kappa shape index (κ2) is 29.6. The molecule has 0 bridgehead atoms. The molecule has 3 N–H and O–H groups in total. The SMILES string of the molecule is CCCCCCN=C/C(COCCOCCOCCOCCOCCOCCNC(=O)COC)=N\N.[HH]. The molecule has 1 amide bonds. The topological polar surface area (TPSA) is 144 Å². The van der Waals surface area contributed by atoms with E-state index in [0.29, 0.717) is 91.5 Å². The first-order valence-electron chi connectivity index (χ1n) is 12.7. The quantitative estimate of drug-likeness (QED) is 0.0667. The van der Waals surface area contributed by atoms with Crippen molar-refractivity contribution < 1.29 is 39.4 Å². The Morgan fingerprint density at radius 1 is 0.778 bits per heavy atom. The van der Waals surface area contributed by atoms with Crippen LogP contribution in [0.15, 0.2) is 10.1 Å². The van der Waals surface area contributed by atoms with Gasteiger partial charge in [-0.3, -0.25) is 9.79 Å². The summed E-state index contributed by atoms with van der Waals surface area (Å²) in [6, 6.07) is 0. The van der Waals surface area contributed by atoms with E-state index in [1.807, 2.05) is 0 Å². The normalized spacial score (nSPS) is 12.0. The number of methoxy groups -OCH3 is 1. The van der Waals surface area contributed by atoms with Crippen molar-refractivity contribution in [1.29, 1.82) is 0 Å². The minimum Gasteiger partial charge on any atom is -0.377 e. The summed E-state index contributed by atoms with van der Waals surface area (Å²) in [6.45, 7) is 9.01. The van der Waals surface area contributed by atoms with E-state index in [0.717, 1.165) is 13.0 Å². The molecule has 0 fully saturated rings. The van der Waals surface area contributed by atoms with Crippen LogP contribution in [0.1, 0.15) is 34.0 Å². The van der Waals surface area contributed by atoms with Gasteiger partial charge in [0.15, 0.2) is 0 Å². The molecule has 0 aliphatic heterocycles. The minimum atomic E-state index is -0.158. The molecule has 0 spiro atoms.